The van der Waals surface area contributed by atoms with Gasteiger partial charge in [0.15, 0.2) is 6.61 Å². The number of ether oxygens (including phenoxy) is 2. The molecular weight excluding hydrogens is 342 g/mol. The molecular formula is C22H33NO4. The SMILES string of the molecule is CC(C)(C)c1ccc(OCCC(=O)OCC(=O)NC2CCCCCC2)cc1. The fourth-order valence-corrected chi connectivity index (χ4v) is 3.21. The highest BCUT2D eigenvalue weighted by molar-refractivity contribution is 5.80. The molecule has 1 aromatic carbocycles. The summed E-state index contributed by atoms with van der Waals surface area (Å²) in [6, 6.07) is 8.10. The van der Waals surface area contributed by atoms with E-state index in [4.69, 9.17) is 9.47 Å². The fourth-order valence-electron chi connectivity index (χ4n) is 3.21. The van der Waals surface area contributed by atoms with Crippen LogP contribution in [0.4, 0.5) is 0 Å². The van der Waals surface area contributed by atoms with Crippen molar-refractivity contribution in [2.45, 2.75) is 77.2 Å². The zero-order chi connectivity index (χ0) is 19.7. The fraction of sp³-hybridized carbons (Fsp3) is 0.636. The minimum absolute atomic E-state index is 0.0969. The van der Waals surface area contributed by atoms with E-state index in [1.807, 2.05) is 24.3 Å². The smallest absolute Gasteiger partial charge is 0.309 e. The second kappa shape index (κ2) is 10.3. The van der Waals surface area contributed by atoms with E-state index in [1.165, 1.54) is 18.4 Å². The monoisotopic (exact) mass is 375 g/mol. The molecule has 5 nitrogen and oxygen atoms in total. The number of hydrogen-bond donors (Lipinski definition) is 1. The van der Waals surface area contributed by atoms with Crippen molar-refractivity contribution >= 4 is 11.9 Å². The molecule has 1 amide bonds. The van der Waals surface area contributed by atoms with Crippen molar-refractivity contribution in [3.05, 3.63) is 29.8 Å². The molecule has 0 unspecified atom stereocenters. The molecule has 0 radical (unpaired) electrons. The summed E-state index contributed by atoms with van der Waals surface area (Å²) in [5, 5.41) is 2.97. The Morgan fingerprint density at radius 3 is 2.26 bits per heavy atom. The lowest BCUT2D eigenvalue weighted by Gasteiger charge is -2.19. The van der Waals surface area contributed by atoms with Crippen LogP contribution in [0.2, 0.25) is 0 Å². The molecule has 5 heteroatoms. The molecule has 0 bridgehead atoms. The third kappa shape index (κ3) is 8.02. The number of carbonyl (C=O) groups excluding carboxylic acids is 2. The molecule has 27 heavy (non-hydrogen) atoms. The quantitative estimate of drug-likeness (QED) is 0.575. The summed E-state index contributed by atoms with van der Waals surface area (Å²) in [4.78, 5) is 23.7. The zero-order valence-electron chi connectivity index (χ0n) is 16.9. The highest BCUT2D eigenvalue weighted by Crippen LogP contribution is 2.24. The average Bonchev–Trinajstić information content (AvgIpc) is 2.88. The van der Waals surface area contributed by atoms with Gasteiger partial charge in [-0.15, -0.1) is 0 Å². The molecule has 1 aliphatic rings. The zero-order valence-corrected chi connectivity index (χ0v) is 16.9. The molecule has 1 saturated carbocycles. The minimum atomic E-state index is -0.419. The lowest BCUT2D eigenvalue weighted by atomic mass is 9.87. The Hall–Kier alpha value is -2.04. The summed E-state index contributed by atoms with van der Waals surface area (Å²) in [6.45, 7) is 6.49. The van der Waals surface area contributed by atoms with Crippen LogP contribution >= 0.6 is 0 Å². The standard InChI is InChI=1S/C22H33NO4/c1-22(2,3)17-10-12-19(13-11-17)26-15-14-21(25)27-16-20(24)23-18-8-6-4-5-7-9-18/h10-13,18H,4-9,14-16H2,1-3H3,(H,23,24). The Balaban J connectivity index is 1.62. The van der Waals surface area contributed by atoms with E-state index in [-0.39, 0.29) is 37.0 Å². The maximum Gasteiger partial charge on any atom is 0.309 e. The molecule has 0 spiro atoms. The van der Waals surface area contributed by atoms with E-state index in [1.54, 1.807) is 0 Å². The van der Waals surface area contributed by atoms with Gasteiger partial charge in [-0.25, -0.2) is 0 Å². The predicted octanol–water partition coefficient (Wildman–Crippen LogP) is 4.14. The number of amides is 1. The van der Waals surface area contributed by atoms with Gasteiger partial charge in [-0.05, 0) is 36.0 Å². The third-order valence-electron chi connectivity index (χ3n) is 4.88. The first-order chi connectivity index (χ1) is 12.8. The van der Waals surface area contributed by atoms with E-state index in [0.29, 0.717) is 0 Å². The minimum Gasteiger partial charge on any atom is -0.493 e. The number of rotatable bonds is 7. The number of hydrogen-bond acceptors (Lipinski definition) is 4. The van der Waals surface area contributed by atoms with E-state index in [2.05, 4.69) is 26.1 Å². The Labute approximate surface area is 162 Å². The van der Waals surface area contributed by atoms with Gasteiger partial charge >= 0.3 is 5.97 Å². The van der Waals surface area contributed by atoms with Crippen LogP contribution in [0.25, 0.3) is 0 Å². The number of esters is 1. The first-order valence-electron chi connectivity index (χ1n) is 10.0. The van der Waals surface area contributed by atoms with Gasteiger partial charge in [0.05, 0.1) is 13.0 Å². The predicted molar refractivity (Wildman–Crippen MR) is 106 cm³/mol. The van der Waals surface area contributed by atoms with Crippen LogP contribution < -0.4 is 10.1 Å². The molecule has 0 atom stereocenters. The lowest BCUT2D eigenvalue weighted by Crippen LogP contribution is -2.37. The first-order valence-corrected chi connectivity index (χ1v) is 10.0. The van der Waals surface area contributed by atoms with E-state index < -0.39 is 5.97 Å². The molecule has 0 aromatic heterocycles. The largest absolute Gasteiger partial charge is 0.493 e. The summed E-state index contributed by atoms with van der Waals surface area (Å²) in [7, 11) is 0. The van der Waals surface area contributed by atoms with Gasteiger partial charge in [0.25, 0.3) is 5.91 Å². The summed E-state index contributed by atoms with van der Waals surface area (Å²) < 4.78 is 10.6. The number of nitrogens with one attached hydrogen (secondary N) is 1. The number of benzene rings is 1. The highest BCUT2D eigenvalue weighted by atomic mass is 16.5. The molecule has 0 heterocycles. The molecule has 0 saturated heterocycles. The molecule has 1 aromatic rings. The summed E-state index contributed by atoms with van der Waals surface area (Å²) in [6.07, 6.45) is 6.93. The molecule has 1 N–H and O–H groups in total. The Bertz CT molecular complexity index is 596. The van der Waals surface area contributed by atoms with Crippen molar-refractivity contribution in [3.8, 4) is 5.75 Å². The maximum absolute atomic E-state index is 11.9. The summed E-state index contributed by atoms with van der Waals surface area (Å²) in [5.41, 5.74) is 1.33. The molecule has 150 valence electrons. The van der Waals surface area contributed by atoms with E-state index >= 15 is 0 Å². The lowest BCUT2D eigenvalue weighted by molar-refractivity contribution is -0.149. The Morgan fingerprint density at radius 2 is 1.67 bits per heavy atom. The van der Waals surface area contributed by atoms with E-state index in [9.17, 15) is 9.59 Å². The molecule has 1 aliphatic carbocycles. The van der Waals surface area contributed by atoms with Crippen LogP contribution in [0.15, 0.2) is 24.3 Å². The van der Waals surface area contributed by atoms with Crippen LogP contribution in [-0.4, -0.2) is 31.1 Å². The topological polar surface area (TPSA) is 64.6 Å². The normalized spacial score (nSPS) is 15.7. The summed E-state index contributed by atoms with van der Waals surface area (Å²) >= 11 is 0. The highest BCUT2D eigenvalue weighted by Gasteiger charge is 2.16. The van der Waals surface area contributed by atoms with Crippen LogP contribution in [0.5, 0.6) is 5.75 Å². The van der Waals surface area contributed by atoms with Gasteiger partial charge in [0, 0.05) is 6.04 Å². The van der Waals surface area contributed by atoms with Gasteiger partial charge in [-0.2, -0.15) is 0 Å². The van der Waals surface area contributed by atoms with Gasteiger partial charge in [0.1, 0.15) is 5.75 Å². The second-order valence-electron chi connectivity index (χ2n) is 8.29. The maximum atomic E-state index is 11.9. The molecule has 0 aliphatic heterocycles. The first kappa shape index (κ1) is 21.3. The van der Waals surface area contributed by atoms with Crippen molar-refractivity contribution in [2.75, 3.05) is 13.2 Å². The molecule has 1 fully saturated rings. The van der Waals surface area contributed by atoms with Crippen molar-refractivity contribution in [2.24, 2.45) is 0 Å². The number of carbonyl (C=O) groups is 2. The van der Waals surface area contributed by atoms with Gasteiger partial charge in [0.2, 0.25) is 0 Å². The second-order valence-corrected chi connectivity index (χ2v) is 8.29. The van der Waals surface area contributed by atoms with Crippen LogP contribution in [-0.2, 0) is 19.7 Å². The van der Waals surface area contributed by atoms with E-state index in [0.717, 1.165) is 31.4 Å². The van der Waals surface area contributed by atoms with Gasteiger partial charge < -0.3 is 14.8 Å². The van der Waals surface area contributed by atoms with Crippen molar-refractivity contribution in [3.63, 3.8) is 0 Å². The Kier molecular flexibility index (Phi) is 8.14. The van der Waals surface area contributed by atoms with Gasteiger partial charge in [-0.3, -0.25) is 9.59 Å². The van der Waals surface area contributed by atoms with Crippen LogP contribution in [0, 0.1) is 0 Å². The average molecular weight is 376 g/mol. The third-order valence-corrected chi connectivity index (χ3v) is 4.88. The Morgan fingerprint density at radius 1 is 1.04 bits per heavy atom. The molecule has 2 rings (SSSR count). The van der Waals surface area contributed by atoms with Crippen LogP contribution in [0.1, 0.15) is 71.3 Å². The van der Waals surface area contributed by atoms with Crippen LogP contribution in [0.3, 0.4) is 0 Å². The van der Waals surface area contributed by atoms with Crippen molar-refractivity contribution in [1.29, 1.82) is 0 Å². The van der Waals surface area contributed by atoms with Crippen molar-refractivity contribution < 1.29 is 19.1 Å². The van der Waals surface area contributed by atoms with Crippen molar-refractivity contribution in [1.82, 2.24) is 5.32 Å². The summed E-state index contributed by atoms with van der Waals surface area (Å²) in [5.74, 6) is 0.0909. The van der Waals surface area contributed by atoms with Gasteiger partial charge in [-0.1, -0.05) is 58.6 Å².